The van der Waals surface area contributed by atoms with Crippen LogP contribution in [-0.2, 0) is 0 Å². The van der Waals surface area contributed by atoms with Crippen molar-refractivity contribution in [1.82, 2.24) is 0 Å². The molecule has 0 aliphatic rings. The van der Waals surface area contributed by atoms with Crippen LogP contribution in [-0.4, -0.2) is 21.4 Å². The molecule has 0 aromatic carbocycles. The van der Waals surface area contributed by atoms with Crippen LogP contribution in [0.5, 0.6) is 0 Å². The van der Waals surface area contributed by atoms with E-state index in [2.05, 4.69) is 0 Å². The largest absolute Gasteiger partial charge is 0.386 e. The van der Waals surface area contributed by atoms with E-state index in [4.69, 9.17) is 0 Å². The third kappa shape index (κ3) is 7.66. The lowest BCUT2D eigenvalue weighted by atomic mass is 10.0. The van der Waals surface area contributed by atoms with Crippen molar-refractivity contribution in [3.8, 4) is 0 Å². The predicted octanol–water partition coefficient (Wildman–Crippen LogP) is 1.08. The Kier molecular flexibility index (Phi) is 2.63. The van der Waals surface area contributed by atoms with Gasteiger partial charge in [0, 0.05) is 0 Å². The van der Waals surface area contributed by atoms with Crippen molar-refractivity contribution < 1.29 is 10.2 Å². The summed E-state index contributed by atoms with van der Waals surface area (Å²) in [7, 11) is 0. The van der Waals surface area contributed by atoms with Gasteiger partial charge in [-0.15, -0.1) is 0 Å². The van der Waals surface area contributed by atoms with Crippen molar-refractivity contribution in [2.75, 3.05) is 0 Å². The first-order valence-electron chi connectivity index (χ1n) is 3.36. The highest BCUT2D eigenvalue weighted by Crippen LogP contribution is 2.08. The Balaban J connectivity index is 4.01. The summed E-state index contributed by atoms with van der Waals surface area (Å²) in [5.74, 6) is 0. The molecule has 0 aliphatic heterocycles. The molecule has 0 aromatic heterocycles. The number of rotatable bonds is 2. The van der Waals surface area contributed by atoms with Gasteiger partial charge in [0.15, 0.2) is 0 Å². The molecule has 2 nitrogen and oxygen atoms in total. The minimum atomic E-state index is -0.833. The van der Waals surface area contributed by atoms with Crippen LogP contribution in [0.25, 0.3) is 0 Å². The maximum Gasteiger partial charge on any atom is 0.0772 e. The van der Waals surface area contributed by atoms with Gasteiger partial charge < -0.3 is 10.2 Å². The van der Waals surface area contributed by atoms with E-state index in [1.165, 1.54) is 0 Å². The topological polar surface area (TPSA) is 40.5 Å². The molecule has 0 radical (unpaired) electrons. The fourth-order valence-corrected chi connectivity index (χ4v) is 0.408. The Bertz CT molecular complexity index is 107. The summed E-state index contributed by atoms with van der Waals surface area (Å²) < 4.78 is 0. The molecular weight excluding hydrogens is 128 g/mol. The van der Waals surface area contributed by atoms with Crippen molar-refractivity contribution >= 4 is 0 Å². The Morgan fingerprint density at radius 3 is 1.10 bits per heavy atom. The number of hydrogen-bond donors (Lipinski definition) is 2. The fourth-order valence-electron chi connectivity index (χ4n) is 0.408. The molecule has 0 bridgehead atoms. The zero-order valence-corrected chi connectivity index (χ0v) is 7.05. The quantitative estimate of drug-likeness (QED) is 0.569. The Hall–Kier alpha value is -0.340. The molecule has 0 aromatic rings. The summed E-state index contributed by atoms with van der Waals surface area (Å²) in [5, 5.41) is 18.4. The molecule has 0 spiro atoms. The minimum absolute atomic E-state index is 0.833. The molecular formula is C8H16O2. The van der Waals surface area contributed by atoms with E-state index in [-0.39, 0.29) is 0 Å². The first-order valence-corrected chi connectivity index (χ1v) is 3.36. The monoisotopic (exact) mass is 144 g/mol. The Morgan fingerprint density at radius 2 is 1.00 bits per heavy atom. The molecule has 0 fully saturated rings. The zero-order chi connectivity index (χ0) is 8.41. The molecule has 0 saturated carbocycles. The van der Waals surface area contributed by atoms with Crippen LogP contribution < -0.4 is 0 Å². The number of aliphatic hydroxyl groups is 2. The lowest BCUT2D eigenvalue weighted by Crippen LogP contribution is -2.19. The zero-order valence-electron chi connectivity index (χ0n) is 7.05. The average Bonchev–Trinajstić information content (AvgIpc) is 1.57. The van der Waals surface area contributed by atoms with Crippen LogP contribution in [0.3, 0.4) is 0 Å². The summed E-state index contributed by atoms with van der Waals surface area (Å²) in [4.78, 5) is 0. The smallest absolute Gasteiger partial charge is 0.0772 e. The van der Waals surface area contributed by atoms with Crippen LogP contribution in [0.1, 0.15) is 27.7 Å². The van der Waals surface area contributed by atoms with Gasteiger partial charge >= 0.3 is 0 Å². The van der Waals surface area contributed by atoms with E-state index in [0.29, 0.717) is 0 Å². The Labute approximate surface area is 62.2 Å². The van der Waals surface area contributed by atoms with Crippen molar-refractivity contribution in [2.45, 2.75) is 38.9 Å². The van der Waals surface area contributed by atoms with Crippen LogP contribution in [0.15, 0.2) is 12.2 Å². The highest BCUT2D eigenvalue weighted by atomic mass is 16.3. The van der Waals surface area contributed by atoms with E-state index in [1.807, 2.05) is 0 Å². The van der Waals surface area contributed by atoms with Crippen molar-refractivity contribution in [3.05, 3.63) is 12.2 Å². The molecule has 0 heterocycles. The summed E-state index contributed by atoms with van der Waals surface area (Å²) >= 11 is 0. The van der Waals surface area contributed by atoms with Gasteiger partial charge in [0.25, 0.3) is 0 Å². The van der Waals surface area contributed by atoms with Gasteiger partial charge in [-0.05, 0) is 27.7 Å². The second kappa shape index (κ2) is 2.72. The predicted molar refractivity (Wildman–Crippen MR) is 41.7 cm³/mol. The average molecular weight is 144 g/mol. The van der Waals surface area contributed by atoms with Crippen LogP contribution in [0.4, 0.5) is 0 Å². The molecule has 0 amide bonds. The van der Waals surface area contributed by atoms with Crippen molar-refractivity contribution in [1.29, 1.82) is 0 Å². The molecule has 2 N–H and O–H groups in total. The van der Waals surface area contributed by atoms with E-state index in [0.717, 1.165) is 0 Å². The van der Waals surface area contributed by atoms with Gasteiger partial charge in [0.2, 0.25) is 0 Å². The van der Waals surface area contributed by atoms with Gasteiger partial charge in [-0.2, -0.15) is 0 Å². The Morgan fingerprint density at radius 1 is 0.800 bits per heavy atom. The van der Waals surface area contributed by atoms with Gasteiger partial charge in [-0.25, -0.2) is 0 Å². The third-order valence-corrected chi connectivity index (χ3v) is 0.899. The lowest BCUT2D eigenvalue weighted by Gasteiger charge is -2.15. The lowest BCUT2D eigenvalue weighted by molar-refractivity contribution is 0.114. The highest BCUT2D eigenvalue weighted by molar-refractivity contribution is 5.02. The first-order chi connectivity index (χ1) is 4.21. The van der Waals surface area contributed by atoms with Crippen LogP contribution in [0.2, 0.25) is 0 Å². The van der Waals surface area contributed by atoms with E-state index < -0.39 is 11.2 Å². The maximum atomic E-state index is 9.18. The maximum absolute atomic E-state index is 9.18. The normalized spacial score (nSPS) is 14.6. The molecule has 0 atom stereocenters. The van der Waals surface area contributed by atoms with Gasteiger partial charge in [0.05, 0.1) is 11.2 Å². The van der Waals surface area contributed by atoms with Crippen molar-refractivity contribution in [3.63, 3.8) is 0 Å². The van der Waals surface area contributed by atoms with Gasteiger partial charge in [-0.3, -0.25) is 0 Å². The second-order valence-electron chi connectivity index (χ2n) is 3.64. The summed E-state index contributed by atoms with van der Waals surface area (Å²) in [6.07, 6.45) is 3.15. The van der Waals surface area contributed by atoms with Gasteiger partial charge in [0.1, 0.15) is 0 Å². The first kappa shape index (κ1) is 9.66. The minimum Gasteiger partial charge on any atom is -0.386 e. The van der Waals surface area contributed by atoms with E-state index >= 15 is 0 Å². The third-order valence-electron chi connectivity index (χ3n) is 0.899. The molecule has 2 heteroatoms. The molecule has 0 rings (SSSR count). The summed E-state index contributed by atoms with van der Waals surface area (Å²) in [6.45, 7) is 6.65. The van der Waals surface area contributed by atoms with E-state index in [1.54, 1.807) is 39.8 Å². The molecule has 0 aliphatic carbocycles. The SMILES string of the molecule is CC(C)(O)/C=C\C(C)(C)O. The number of hydrogen-bond acceptors (Lipinski definition) is 2. The molecule has 60 valence electrons. The summed E-state index contributed by atoms with van der Waals surface area (Å²) in [5.41, 5.74) is -1.67. The highest BCUT2D eigenvalue weighted by Gasteiger charge is 2.11. The molecule has 0 unspecified atom stereocenters. The van der Waals surface area contributed by atoms with Crippen molar-refractivity contribution in [2.24, 2.45) is 0 Å². The van der Waals surface area contributed by atoms with E-state index in [9.17, 15) is 10.2 Å². The van der Waals surface area contributed by atoms with Crippen LogP contribution in [0, 0.1) is 0 Å². The molecule has 0 saturated heterocycles. The molecule has 10 heavy (non-hydrogen) atoms. The summed E-state index contributed by atoms with van der Waals surface area (Å²) in [6, 6.07) is 0. The standard InChI is InChI=1S/C8H16O2/c1-7(2,9)5-6-8(3,4)10/h5-6,9-10H,1-4H3/b6-5-. The fraction of sp³-hybridized carbons (Fsp3) is 0.750. The van der Waals surface area contributed by atoms with Gasteiger partial charge in [-0.1, -0.05) is 12.2 Å². The van der Waals surface area contributed by atoms with Crippen LogP contribution >= 0.6 is 0 Å². The second-order valence-corrected chi connectivity index (χ2v) is 3.64.